The molecule has 96 valence electrons. The third-order valence-corrected chi connectivity index (χ3v) is 4.10. The Morgan fingerprint density at radius 2 is 2.41 bits per heavy atom. The van der Waals surface area contributed by atoms with Crippen molar-refractivity contribution in [2.45, 2.75) is 12.8 Å². The first-order valence-corrected chi connectivity index (χ1v) is 7.78. The summed E-state index contributed by atoms with van der Waals surface area (Å²) in [6.07, 6.45) is 2.92. The van der Waals surface area contributed by atoms with Gasteiger partial charge in [-0.15, -0.1) is 11.8 Å². The van der Waals surface area contributed by atoms with Gasteiger partial charge >= 0.3 is 5.70 Å². The molecule has 0 unspecified atom stereocenters. The molecule has 0 aromatic rings. The lowest BCUT2D eigenvalue weighted by Gasteiger charge is -2.14. The average molecular weight is 276 g/mol. The summed E-state index contributed by atoms with van der Waals surface area (Å²) in [6, 6.07) is 0. The summed E-state index contributed by atoms with van der Waals surface area (Å²) in [6.45, 7) is 1.27. The van der Waals surface area contributed by atoms with Crippen LogP contribution in [0, 0.1) is 10.1 Å². The molecule has 17 heavy (non-hydrogen) atoms. The van der Waals surface area contributed by atoms with Gasteiger partial charge in [0.25, 0.3) is 0 Å². The second kappa shape index (κ2) is 7.73. The first kappa shape index (κ1) is 14.5. The van der Waals surface area contributed by atoms with Crippen molar-refractivity contribution in [3.8, 4) is 0 Å². The van der Waals surface area contributed by atoms with E-state index in [9.17, 15) is 14.9 Å². The summed E-state index contributed by atoms with van der Waals surface area (Å²) in [4.78, 5) is 22.8. The Hall–Kier alpha value is -0.530. The number of carbonyl (C=O) groups is 1. The van der Waals surface area contributed by atoms with E-state index >= 15 is 0 Å². The number of allylic oxidation sites excluding steroid dienone is 1. The van der Waals surface area contributed by atoms with Crippen molar-refractivity contribution in [3.63, 3.8) is 0 Å². The predicted octanol–water partition coefficient (Wildman–Crippen LogP) is 1.52. The van der Waals surface area contributed by atoms with E-state index in [4.69, 9.17) is 0 Å². The van der Waals surface area contributed by atoms with Crippen LogP contribution in [-0.2, 0) is 4.79 Å². The first-order valence-electron chi connectivity index (χ1n) is 5.40. The number of thioether (sulfide) groups is 2. The van der Waals surface area contributed by atoms with E-state index < -0.39 is 4.92 Å². The molecule has 0 amide bonds. The zero-order valence-corrected chi connectivity index (χ0v) is 11.4. The highest BCUT2D eigenvalue weighted by atomic mass is 32.2. The predicted molar refractivity (Wildman–Crippen MR) is 72.0 cm³/mol. The molecule has 1 N–H and O–H groups in total. The van der Waals surface area contributed by atoms with Gasteiger partial charge in [0, 0.05) is 25.3 Å². The lowest BCUT2D eigenvalue weighted by molar-refractivity contribution is -0.419. The summed E-state index contributed by atoms with van der Waals surface area (Å²) in [7, 11) is 0. The molecule has 1 aliphatic heterocycles. The van der Waals surface area contributed by atoms with Gasteiger partial charge < -0.3 is 5.32 Å². The lowest BCUT2D eigenvalue weighted by atomic mass is 10.1. The Bertz CT molecular complexity index is 324. The molecule has 1 rings (SSSR count). The average Bonchev–Trinajstić information content (AvgIpc) is 2.30. The molecule has 0 aliphatic carbocycles. The summed E-state index contributed by atoms with van der Waals surface area (Å²) >= 11 is 3.06. The molecule has 0 atom stereocenters. The molecule has 0 spiro atoms. The molecule has 0 radical (unpaired) electrons. The van der Waals surface area contributed by atoms with Crippen LogP contribution >= 0.6 is 23.5 Å². The van der Waals surface area contributed by atoms with E-state index in [1.165, 1.54) is 11.8 Å². The fourth-order valence-electron chi connectivity index (χ4n) is 1.51. The number of nitrogens with one attached hydrogen (secondary N) is 1. The highest BCUT2D eigenvalue weighted by Gasteiger charge is 2.27. The van der Waals surface area contributed by atoms with Crippen LogP contribution in [0.25, 0.3) is 0 Å². The van der Waals surface area contributed by atoms with E-state index in [1.807, 2.05) is 6.26 Å². The molecule has 1 fully saturated rings. The fraction of sp³-hybridized carbons (Fsp3) is 0.700. The van der Waals surface area contributed by atoms with Crippen molar-refractivity contribution in [2.24, 2.45) is 0 Å². The van der Waals surface area contributed by atoms with Crippen LogP contribution in [0.2, 0.25) is 0 Å². The van der Waals surface area contributed by atoms with Crippen LogP contribution < -0.4 is 5.32 Å². The zero-order chi connectivity index (χ0) is 12.7. The molecule has 1 heterocycles. The molecular weight excluding hydrogens is 260 g/mol. The van der Waals surface area contributed by atoms with Crippen molar-refractivity contribution >= 4 is 29.3 Å². The Labute approximate surface area is 109 Å². The number of hydrogen-bond donors (Lipinski definition) is 1. The van der Waals surface area contributed by atoms with Crippen molar-refractivity contribution in [1.82, 2.24) is 5.32 Å². The number of rotatable bonds is 6. The number of nitro groups is 1. The van der Waals surface area contributed by atoms with Gasteiger partial charge in [-0.3, -0.25) is 14.9 Å². The van der Waals surface area contributed by atoms with Crippen molar-refractivity contribution in [2.75, 3.05) is 30.9 Å². The van der Waals surface area contributed by atoms with Gasteiger partial charge in [0.2, 0.25) is 5.78 Å². The van der Waals surface area contributed by atoms with Crippen molar-refractivity contribution in [1.29, 1.82) is 0 Å². The van der Waals surface area contributed by atoms with E-state index in [2.05, 4.69) is 5.32 Å². The van der Waals surface area contributed by atoms with Gasteiger partial charge in [-0.05, 0) is 18.4 Å². The second-order valence-electron chi connectivity index (χ2n) is 3.57. The van der Waals surface area contributed by atoms with Gasteiger partial charge in [-0.2, -0.15) is 11.8 Å². The van der Waals surface area contributed by atoms with Crippen LogP contribution in [0.15, 0.2) is 10.6 Å². The maximum Gasteiger partial charge on any atom is 0.322 e. The minimum absolute atomic E-state index is 0.205. The van der Waals surface area contributed by atoms with Crippen LogP contribution in [0.5, 0.6) is 0 Å². The maximum absolute atomic E-state index is 11.8. The highest BCUT2D eigenvalue weighted by Crippen LogP contribution is 2.23. The smallest absolute Gasteiger partial charge is 0.311 e. The number of ketones is 1. The fourth-order valence-corrected chi connectivity index (χ4v) is 2.96. The summed E-state index contributed by atoms with van der Waals surface area (Å²) in [5, 5.41) is 14.0. The number of nitrogens with zero attached hydrogens (tertiary/aromatic N) is 1. The quantitative estimate of drug-likeness (QED) is 0.343. The first-order chi connectivity index (χ1) is 8.16. The largest absolute Gasteiger partial charge is 0.322 e. The summed E-state index contributed by atoms with van der Waals surface area (Å²) in [5.74, 6) is 1.30. The molecule has 7 heteroatoms. The van der Waals surface area contributed by atoms with Crippen LogP contribution in [0.1, 0.15) is 12.8 Å². The Morgan fingerprint density at radius 3 is 2.94 bits per heavy atom. The molecule has 0 aromatic carbocycles. The minimum Gasteiger partial charge on any atom is -0.311 e. The number of hydrogen-bond acceptors (Lipinski definition) is 6. The molecule has 5 nitrogen and oxygen atoms in total. The van der Waals surface area contributed by atoms with Crippen molar-refractivity contribution in [3.05, 3.63) is 20.7 Å². The molecule has 1 saturated heterocycles. The standard InChI is InChI=1S/C10H16N2O3S2/c1-16-5-2-3-8(13)10(12(14)15)9-7-11-4-6-17-9/h11H,2-7H2,1H3. The second-order valence-corrected chi connectivity index (χ2v) is 5.75. The third-order valence-electron chi connectivity index (χ3n) is 2.30. The van der Waals surface area contributed by atoms with E-state index in [1.54, 1.807) is 11.8 Å². The highest BCUT2D eigenvalue weighted by molar-refractivity contribution is 8.03. The van der Waals surface area contributed by atoms with Gasteiger partial charge in [0.15, 0.2) is 0 Å². The number of Topliss-reactive ketones (excluding diaryl/α,β-unsaturated/α-hetero) is 1. The topological polar surface area (TPSA) is 72.2 Å². The summed E-state index contributed by atoms with van der Waals surface area (Å²) < 4.78 is 0. The molecule has 1 aliphatic rings. The monoisotopic (exact) mass is 276 g/mol. The molecule has 0 saturated carbocycles. The molecule has 0 aromatic heterocycles. The van der Waals surface area contributed by atoms with Crippen LogP contribution in [0.4, 0.5) is 0 Å². The van der Waals surface area contributed by atoms with E-state index in [0.717, 1.165) is 18.1 Å². The molecule has 0 bridgehead atoms. The van der Waals surface area contributed by atoms with Crippen LogP contribution in [0.3, 0.4) is 0 Å². The normalized spacial score (nSPS) is 18.9. The van der Waals surface area contributed by atoms with Gasteiger partial charge in [-0.1, -0.05) is 0 Å². The SMILES string of the molecule is CSCCCC(=O)C(=C1CNCCS1)[N+](=O)[O-]. The number of carbonyl (C=O) groups excluding carboxylic acids is 1. The van der Waals surface area contributed by atoms with Crippen molar-refractivity contribution < 1.29 is 9.72 Å². The van der Waals surface area contributed by atoms with Crippen LogP contribution in [-0.4, -0.2) is 41.6 Å². The van der Waals surface area contributed by atoms with Gasteiger partial charge in [0.1, 0.15) is 0 Å². The Balaban J connectivity index is 2.70. The van der Waals surface area contributed by atoms with E-state index in [0.29, 0.717) is 17.9 Å². The third kappa shape index (κ3) is 4.69. The Morgan fingerprint density at radius 1 is 1.65 bits per heavy atom. The zero-order valence-electron chi connectivity index (χ0n) is 9.73. The van der Waals surface area contributed by atoms with E-state index in [-0.39, 0.29) is 17.9 Å². The maximum atomic E-state index is 11.8. The summed E-state index contributed by atoms with van der Waals surface area (Å²) in [5.41, 5.74) is -0.205. The van der Waals surface area contributed by atoms with Gasteiger partial charge in [-0.25, -0.2) is 0 Å². The minimum atomic E-state index is -0.531. The molecular formula is C10H16N2O3S2. The Kier molecular flexibility index (Phi) is 6.61. The van der Waals surface area contributed by atoms with Gasteiger partial charge in [0.05, 0.1) is 9.83 Å². The lowest BCUT2D eigenvalue weighted by Crippen LogP contribution is -2.27.